The van der Waals surface area contributed by atoms with Crippen LogP contribution in [0.25, 0.3) is 0 Å². The topological polar surface area (TPSA) is 74.7 Å². The van der Waals surface area contributed by atoms with E-state index in [1.807, 2.05) is 12.1 Å². The molecule has 0 spiro atoms. The van der Waals surface area contributed by atoms with Gasteiger partial charge in [0, 0.05) is 6.42 Å². The van der Waals surface area contributed by atoms with Crippen LogP contribution in [0.4, 0.5) is 4.39 Å². The first-order valence-electron chi connectivity index (χ1n) is 7.45. The van der Waals surface area contributed by atoms with E-state index in [2.05, 4.69) is 16.2 Å². The Morgan fingerprint density at radius 2 is 1.75 bits per heavy atom. The number of halogens is 1. The maximum absolute atomic E-state index is 13.0. The van der Waals surface area contributed by atoms with Crippen molar-refractivity contribution in [2.75, 3.05) is 0 Å². The number of nitriles is 1. The Bertz CT molecular complexity index is 823. The molecule has 1 N–H and O–H groups in total. The van der Waals surface area contributed by atoms with Crippen molar-refractivity contribution in [1.82, 2.24) is 14.8 Å². The summed E-state index contributed by atoms with van der Waals surface area (Å²) in [7, 11) is 0. The molecule has 0 radical (unpaired) electrons. The largest absolute Gasteiger partial charge is 0.388 e. The average Bonchev–Trinajstić information content (AvgIpc) is 3.14. The molecule has 0 fully saturated rings. The summed E-state index contributed by atoms with van der Waals surface area (Å²) in [6, 6.07) is 14.7. The van der Waals surface area contributed by atoms with Gasteiger partial charge < -0.3 is 5.11 Å². The van der Waals surface area contributed by atoms with Crippen molar-refractivity contribution < 1.29 is 9.50 Å². The van der Waals surface area contributed by atoms with Crippen molar-refractivity contribution in [1.29, 1.82) is 5.26 Å². The van der Waals surface area contributed by atoms with Crippen LogP contribution < -0.4 is 0 Å². The van der Waals surface area contributed by atoms with Crippen LogP contribution in [0.3, 0.4) is 0 Å². The van der Waals surface area contributed by atoms with Gasteiger partial charge in [-0.3, -0.25) is 0 Å². The van der Waals surface area contributed by atoms with Gasteiger partial charge in [-0.15, -0.1) is 0 Å². The van der Waals surface area contributed by atoms with Gasteiger partial charge in [0.1, 0.15) is 18.5 Å². The molecule has 0 saturated carbocycles. The molecule has 5 nitrogen and oxygen atoms in total. The Hall–Kier alpha value is -3.04. The molecule has 24 heavy (non-hydrogen) atoms. The Morgan fingerprint density at radius 3 is 2.33 bits per heavy atom. The predicted octanol–water partition coefficient (Wildman–Crippen LogP) is 3.00. The van der Waals surface area contributed by atoms with Crippen molar-refractivity contribution in [2.45, 2.75) is 18.6 Å². The van der Waals surface area contributed by atoms with E-state index in [1.165, 1.54) is 18.5 Å². The number of aromatic nitrogens is 3. The van der Waals surface area contributed by atoms with Crippen LogP contribution in [-0.4, -0.2) is 19.9 Å². The third-order valence-corrected chi connectivity index (χ3v) is 3.88. The summed E-state index contributed by atoms with van der Waals surface area (Å²) in [6.07, 6.45) is 2.58. The van der Waals surface area contributed by atoms with Crippen LogP contribution >= 0.6 is 0 Å². The van der Waals surface area contributed by atoms with E-state index in [0.717, 1.165) is 5.56 Å². The van der Waals surface area contributed by atoms with E-state index in [0.29, 0.717) is 17.5 Å². The first-order valence-corrected chi connectivity index (χ1v) is 7.45. The van der Waals surface area contributed by atoms with Gasteiger partial charge in [0.25, 0.3) is 0 Å². The Balaban J connectivity index is 1.87. The summed E-state index contributed by atoms with van der Waals surface area (Å²) in [4.78, 5) is 3.96. The number of hydrogen-bond donors (Lipinski definition) is 1. The normalized spacial score (nSPS) is 13.2. The molecule has 0 aliphatic rings. The van der Waals surface area contributed by atoms with Crippen molar-refractivity contribution in [3.63, 3.8) is 0 Å². The number of benzene rings is 2. The number of hydrogen-bond acceptors (Lipinski definition) is 4. The molecule has 120 valence electrons. The first kappa shape index (κ1) is 15.8. The van der Waals surface area contributed by atoms with Gasteiger partial charge in [-0.25, -0.2) is 14.1 Å². The van der Waals surface area contributed by atoms with Gasteiger partial charge in [-0.05, 0) is 35.4 Å². The zero-order valence-electron chi connectivity index (χ0n) is 12.7. The number of aliphatic hydroxyl groups excluding tert-OH is 1. The molecule has 1 heterocycles. The second-order valence-corrected chi connectivity index (χ2v) is 5.43. The number of rotatable bonds is 5. The molecule has 3 aromatic rings. The van der Waals surface area contributed by atoms with E-state index in [-0.39, 0.29) is 11.9 Å². The van der Waals surface area contributed by atoms with E-state index in [4.69, 9.17) is 5.26 Å². The van der Waals surface area contributed by atoms with Gasteiger partial charge in [-0.1, -0.05) is 24.3 Å². The van der Waals surface area contributed by atoms with Crippen LogP contribution in [0.5, 0.6) is 0 Å². The molecule has 1 aromatic heterocycles. The second-order valence-electron chi connectivity index (χ2n) is 5.43. The van der Waals surface area contributed by atoms with Crippen molar-refractivity contribution >= 4 is 0 Å². The van der Waals surface area contributed by atoms with Crippen molar-refractivity contribution in [2.24, 2.45) is 0 Å². The standard InChI is InChI=1S/C18H15FN4O/c19-16-7-5-15(6-8-16)18(24)9-17(23-12-21-11-22-23)14-3-1-13(10-20)2-4-14/h1-8,11-12,17-18,24H,9H2. The lowest BCUT2D eigenvalue weighted by Gasteiger charge is -2.21. The third-order valence-electron chi connectivity index (χ3n) is 3.88. The fourth-order valence-electron chi connectivity index (χ4n) is 2.59. The van der Waals surface area contributed by atoms with E-state index >= 15 is 0 Å². The maximum Gasteiger partial charge on any atom is 0.137 e. The predicted molar refractivity (Wildman–Crippen MR) is 85.3 cm³/mol. The van der Waals surface area contributed by atoms with Crippen LogP contribution in [0.15, 0.2) is 61.2 Å². The molecular formula is C18H15FN4O. The molecule has 0 aliphatic heterocycles. The average molecular weight is 322 g/mol. The SMILES string of the molecule is N#Cc1ccc(C(CC(O)c2ccc(F)cc2)n2cncn2)cc1. The highest BCUT2D eigenvalue weighted by Gasteiger charge is 2.20. The monoisotopic (exact) mass is 322 g/mol. The summed E-state index contributed by atoms with van der Waals surface area (Å²) >= 11 is 0. The third kappa shape index (κ3) is 3.47. The summed E-state index contributed by atoms with van der Waals surface area (Å²) in [5, 5.41) is 23.6. The van der Waals surface area contributed by atoms with Crippen LogP contribution in [0.2, 0.25) is 0 Å². The quantitative estimate of drug-likeness (QED) is 0.783. The lowest BCUT2D eigenvalue weighted by Crippen LogP contribution is -2.15. The molecule has 2 atom stereocenters. The minimum atomic E-state index is -0.782. The van der Waals surface area contributed by atoms with Crippen LogP contribution in [0.1, 0.15) is 35.3 Å². The van der Waals surface area contributed by atoms with Crippen molar-refractivity contribution in [3.05, 3.63) is 83.7 Å². The van der Waals surface area contributed by atoms with E-state index < -0.39 is 6.10 Å². The molecule has 3 rings (SSSR count). The van der Waals surface area contributed by atoms with Gasteiger partial charge in [0.2, 0.25) is 0 Å². The molecule has 0 bridgehead atoms. The van der Waals surface area contributed by atoms with Gasteiger partial charge in [0.05, 0.1) is 23.8 Å². The minimum Gasteiger partial charge on any atom is -0.388 e. The minimum absolute atomic E-state index is 0.250. The zero-order valence-corrected chi connectivity index (χ0v) is 12.7. The maximum atomic E-state index is 13.0. The van der Waals surface area contributed by atoms with Crippen LogP contribution in [-0.2, 0) is 0 Å². The molecule has 2 unspecified atom stereocenters. The Kier molecular flexibility index (Phi) is 4.64. The summed E-state index contributed by atoms with van der Waals surface area (Å²) in [5.41, 5.74) is 2.10. The van der Waals surface area contributed by atoms with Crippen LogP contribution in [0, 0.1) is 17.1 Å². The molecule has 0 aliphatic carbocycles. The zero-order chi connectivity index (χ0) is 16.9. The Labute approximate surface area is 138 Å². The fraction of sp³-hybridized carbons (Fsp3) is 0.167. The molecule has 0 amide bonds. The fourth-order valence-corrected chi connectivity index (χ4v) is 2.59. The first-order chi connectivity index (χ1) is 11.7. The lowest BCUT2D eigenvalue weighted by molar-refractivity contribution is 0.150. The highest BCUT2D eigenvalue weighted by atomic mass is 19.1. The highest BCUT2D eigenvalue weighted by molar-refractivity contribution is 5.33. The van der Waals surface area contributed by atoms with Crippen molar-refractivity contribution in [3.8, 4) is 6.07 Å². The smallest absolute Gasteiger partial charge is 0.137 e. The summed E-state index contributed by atoms with van der Waals surface area (Å²) < 4.78 is 14.7. The summed E-state index contributed by atoms with van der Waals surface area (Å²) in [5.74, 6) is -0.342. The molecule has 0 saturated heterocycles. The van der Waals surface area contributed by atoms with Gasteiger partial charge >= 0.3 is 0 Å². The van der Waals surface area contributed by atoms with E-state index in [9.17, 15) is 9.50 Å². The van der Waals surface area contributed by atoms with E-state index in [1.54, 1.807) is 35.3 Å². The van der Waals surface area contributed by atoms with Gasteiger partial charge in [-0.2, -0.15) is 10.4 Å². The highest BCUT2D eigenvalue weighted by Crippen LogP contribution is 2.29. The molecule has 6 heteroatoms. The molecular weight excluding hydrogens is 307 g/mol. The lowest BCUT2D eigenvalue weighted by atomic mass is 9.96. The van der Waals surface area contributed by atoms with Gasteiger partial charge in [0.15, 0.2) is 0 Å². The molecule has 2 aromatic carbocycles. The Morgan fingerprint density at radius 1 is 1.08 bits per heavy atom. The second kappa shape index (κ2) is 7.02. The summed E-state index contributed by atoms with van der Waals surface area (Å²) in [6.45, 7) is 0. The number of aliphatic hydroxyl groups is 1. The number of nitrogens with zero attached hydrogens (tertiary/aromatic N) is 4.